The van der Waals surface area contributed by atoms with Gasteiger partial charge in [-0.05, 0) is 56.5 Å². The van der Waals surface area contributed by atoms with E-state index in [9.17, 15) is 4.79 Å². The van der Waals surface area contributed by atoms with Crippen molar-refractivity contribution in [3.63, 3.8) is 0 Å². The molecule has 0 spiro atoms. The average Bonchev–Trinajstić information content (AvgIpc) is 3.06. The van der Waals surface area contributed by atoms with Crippen LogP contribution in [0.2, 0.25) is 0 Å². The Hall–Kier alpha value is -1.46. The fraction of sp³-hybridized carbons (Fsp3) is 0.588. The zero-order chi connectivity index (χ0) is 14.9. The van der Waals surface area contributed by atoms with Gasteiger partial charge >= 0.3 is 0 Å². The molecule has 2 aliphatic heterocycles. The van der Waals surface area contributed by atoms with E-state index in [1.807, 2.05) is 6.07 Å². The largest absolute Gasteiger partial charge is 0.454 e. The molecule has 0 aromatic heterocycles. The lowest BCUT2D eigenvalue weighted by molar-refractivity contribution is -0.122. The van der Waals surface area contributed by atoms with E-state index >= 15 is 0 Å². The van der Waals surface area contributed by atoms with Crippen molar-refractivity contribution in [2.24, 2.45) is 5.92 Å². The third-order valence-corrected chi connectivity index (χ3v) is 4.78. The van der Waals surface area contributed by atoms with Gasteiger partial charge in [0.1, 0.15) is 0 Å². The van der Waals surface area contributed by atoms with E-state index in [0.717, 1.165) is 37.4 Å². The summed E-state index contributed by atoms with van der Waals surface area (Å²) < 4.78 is 10.9. The van der Waals surface area contributed by atoms with Gasteiger partial charge in [-0.1, -0.05) is 6.07 Å². The maximum atomic E-state index is 12.0. The van der Waals surface area contributed by atoms with Gasteiger partial charge in [0.25, 0.3) is 0 Å². The maximum absolute atomic E-state index is 12.0. The van der Waals surface area contributed by atoms with Crippen LogP contribution in [0, 0.1) is 5.92 Å². The summed E-state index contributed by atoms with van der Waals surface area (Å²) in [7, 11) is 0. The topological polar surface area (TPSA) is 50.8 Å². The van der Waals surface area contributed by atoms with Gasteiger partial charge in [0.2, 0.25) is 12.7 Å². The molecule has 6 heteroatoms. The van der Waals surface area contributed by atoms with E-state index in [1.54, 1.807) is 0 Å². The van der Waals surface area contributed by atoms with Crippen molar-refractivity contribution in [3.05, 3.63) is 23.8 Å². The number of rotatable bonds is 5. The van der Waals surface area contributed by atoms with E-state index in [0.29, 0.717) is 13.3 Å². The number of amides is 1. The summed E-state index contributed by atoms with van der Waals surface area (Å²) in [5, 5.41) is 3.14. The molecule has 1 N–H and O–H groups in total. The highest BCUT2D eigenvalue weighted by Gasteiger charge is 2.31. The van der Waals surface area contributed by atoms with Gasteiger partial charge in [-0.3, -0.25) is 9.69 Å². The van der Waals surface area contributed by atoms with Gasteiger partial charge in [-0.2, -0.15) is 0 Å². The quantitative estimate of drug-likeness (QED) is 0.896. The molecular weight excluding hydrogens is 316 g/mol. The van der Waals surface area contributed by atoms with Crippen LogP contribution >= 0.6 is 12.4 Å². The fourth-order valence-electron chi connectivity index (χ4n) is 3.32. The number of hydrogen-bond acceptors (Lipinski definition) is 4. The molecule has 1 unspecified atom stereocenters. The van der Waals surface area contributed by atoms with Crippen LogP contribution in [0.1, 0.15) is 37.3 Å². The van der Waals surface area contributed by atoms with E-state index in [-0.39, 0.29) is 30.3 Å². The van der Waals surface area contributed by atoms with Crippen LogP contribution in [0.4, 0.5) is 0 Å². The van der Waals surface area contributed by atoms with Crippen molar-refractivity contribution in [2.75, 3.05) is 26.4 Å². The first-order valence-corrected chi connectivity index (χ1v) is 8.22. The molecule has 3 aliphatic rings. The highest BCUT2D eigenvalue weighted by atomic mass is 35.5. The summed E-state index contributed by atoms with van der Waals surface area (Å²) in [5.74, 6) is 2.10. The molecule has 1 saturated heterocycles. The molecule has 1 aromatic carbocycles. The number of carbonyl (C=O) groups is 1. The molecule has 1 atom stereocenters. The lowest BCUT2D eigenvalue weighted by Gasteiger charge is -2.28. The number of fused-ring (bicyclic) bond motifs is 1. The minimum absolute atomic E-state index is 0. The van der Waals surface area contributed by atoms with Crippen LogP contribution in [-0.4, -0.2) is 37.2 Å². The molecule has 2 heterocycles. The normalized spacial score (nSPS) is 20.9. The molecule has 1 amide bonds. The van der Waals surface area contributed by atoms with Crippen molar-refractivity contribution in [2.45, 2.75) is 31.7 Å². The summed E-state index contributed by atoms with van der Waals surface area (Å²) in [6, 6.07) is 6.36. The Labute approximate surface area is 142 Å². The SMILES string of the molecule is Cl.O=C(NCC(c1ccc2c(c1)OCO2)N1CCCC1)C1CC1. The van der Waals surface area contributed by atoms with Crippen LogP contribution in [0.25, 0.3) is 0 Å². The highest BCUT2D eigenvalue weighted by molar-refractivity contribution is 5.85. The van der Waals surface area contributed by atoms with Crippen molar-refractivity contribution in [1.82, 2.24) is 10.2 Å². The van der Waals surface area contributed by atoms with Crippen LogP contribution in [0.5, 0.6) is 11.5 Å². The smallest absolute Gasteiger partial charge is 0.231 e. The molecule has 5 nitrogen and oxygen atoms in total. The third-order valence-electron chi connectivity index (χ3n) is 4.78. The maximum Gasteiger partial charge on any atom is 0.231 e. The number of benzene rings is 1. The molecule has 23 heavy (non-hydrogen) atoms. The first-order valence-electron chi connectivity index (χ1n) is 8.22. The van der Waals surface area contributed by atoms with E-state index in [2.05, 4.69) is 22.3 Å². The van der Waals surface area contributed by atoms with E-state index in [4.69, 9.17) is 9.47 Å². The number of nitrogens with zero attached hydrogens (tertiary/aromatic N) is 1. The standard InChI is InChI=1S/C17H22N2O3.ClH/c20-17(12-3-4-12)18-10-14(19-7-1-2-8-19)13-5-6-15-16(9-13)22-11-21-15;/h5-6,9,12,14H,1-4,7-8,10-11H2,(H,18,20);1H. The third kappa shape index (κ3) is 3.56. The van der Waals surface area contributed by atoms with Crippen molar-refractivity contribution in [1.29, 1.82) is 0 Å². The van der Waals surface area contributed by atoms with Crippen molar-refractivity contribution in [3.8, 4) is 11.5 Å². The Morgan fingerprint density at radius 1 is 1.22 bits per heavy atom. The van der Waals surface area contributed by atoms with E-state index < -0.39 is 0 Å². The Balaban J connectivity index is 0.00000156. The Morgan fingerprint density at radius 2 is 1.96 bits per heavy atom. The van der Waals surface area contributed by atoms with Gasteiger partial charge in [0.15, 0.2) is 11.5 Å². The van der Waals surface area contributed by atoms with Gasteiger partial charge in [0, 0.05) is 12.5 Å². The summed E-state index contributed by atoms with van der Waals surface area (Å²) in [6.07, 6.45) is 4.56. The summed E-state index contributed by atoms with van der Waals surface area (Å²) in [4.78, 5) is 14.4. The predicted molar refractivity (Wildman–Crippen MR) is 89.1 cm³/mol. The molecule has 2 fully saturated rings. The Morgan fingerprint density at radius 3 is 2.70 bits per heavy atom. The number of ether oxygens (including phenoxy) is 2. The highest BCUT2D eigenvalue weighted by Crippen LogP contribution is 2.36. The van der Waals surface area contributed by atoms with Crippen LogP contribution < -0.4 is 14.8 Å². The first-order chi connectivity index (χ1) is 10.8. The zero-order valence-electron chi connectivity index (χ0n) is 13.1. The minimum Gasteiger partial charge on any atom is -0.454 e. The Kier molecular flexibility index (Phi) is 4.97. The molecule has 1 saturated carbocycles. The number of carbonyl (C=O) groups excluding carboxylic acids is 1. The summed E-state index contributed by atoms with van der Waals surface area (Å²) in [6.45, 7) is 3.16. The number of nitrogens with one attached hydrogen (secondary N) is 1. The molecule has 0 radical (unpaired) electrons. The molecule has 126 valence electrons. The molecule has 1 aliphatic carbocycles. The zero-order valence-corrected chi connectivity index (χ0v) is 13.9. The number of halogens is 1. The number of hydrogen-bond donors (Lipinski definition) is 1. The number of likely N-dealkylation sites (tertiary alicyclic amines) is 1. The second kappa shape index (κ2) is 6.97. The first kappa shape index (κ1) is 16.4. The van der Waals surface area contributed by atoms with Crippen LogP contribution in [-0.2, 0) is 4.79 Å². The average molecular weight is 339 g/mol. The summed E-state index contributed by atoms with van der Waals surface area (Å²) >= 11 is 0. The van der Waals surface area contributed by atoms with Gasteiger partial charge in [-0.25, -0.2) is 0 Å². The second-order valence-electron chi connectivity index (χ2n) is 6.39. The van der Waals surface area contributed by atoms with Gasteiger partial charge < -0.3 is 14.8 Å². The molecular formula is C17H23ClN2O3. The molecule has 0 bridgehead atoms. The van der Waals surface area contributed by atoms with Crippen molar-refractivity contribution >= 4 is 18.3 Å². The van der Waals surface area contributed by atoms with Crippen LogP contribution in [0.15, 0.2) is 18.2 Å². The molecule has 4 rings (SSSR count). The van der Waals surface area contributed by atoms with Crippen molar-refractivity contribution < 1.29 is 14.3 Å². The Bertz CT molecular complexity index is 571. The lowest BCUT2D eigenvalue weighted by Crippen LogP contribution is -2.37. The monoisotopic (exact) mass is 338 g/mol. The van der Waals surface area contributed by atoms with Gasteiger partial charge in [-0.15, -0.1) is 12.4 Å². The van der Waals surface area contributed by atoms with E-state index in [1.165, 1.54) is 18.4 Å². The van der Waals surface area contributed by atoms with Crippen LogP contribution in [0.3, 0.4) is 0 Å². The fourth-order valence-corrected chi connectivity index (χ4v) is 3.32. The second-order valence-corrected chi connectivity index (χ2v) is 6.39. The predicted octanol–water partition coefficient (Wildman–Crippen LogP) is 2.50. The molecule has 1 aromatic rings. The lowest BCUT2D eigenvalue weighted by atomic mass is 10.0. The minimum atomic E-state index is 0. The van der Waals surface area contributed by atoms with Gasteiger partial charge in [0.05, 0.1) is 6.04 Å². The summed E-state index contributed by atoms with van der Waals surface area (Å²) in [5.41, 5.74) is 1.20.